The summed E-state index contributed by atoms with van der Waals surface area (Å²) in [7, 11) is 6.07. The number of ether oxygens (including phenoxy) is 5. The van der Waals surface area contributed by atoms with Gasteiger partial charge in [-0.2, -0.15) is 5.10 Å². The van der Waals surface area contributed by atoms with Gasteiger partial charge in [0.15, 0.2) is 23.0 Å². The first-order valence-corrected chi connectivity index (χ1v) is 11.3. The third kappa shape index (κ3) is 3.73. The van der Waals surface area contributed by atoms with E-state index in [-0.39, 0.29) is 17.4 Å². The van der Waals surface area contributed by atoms with Crippen molar-refractivity contribution in [3.05, 3.63) is 76.9 Å². The molecule has 0 saturated heterocycles. The maximum absolute atomic E-state index is 12.4. The average Bonchev–Trinajstić information content (AvgIpc) is 3.37. The standard InChI is InChI=1S/C27H26N2O7/c1-32-16-8-5-7-15(13-16)19-14-20-17-9-6-10-21(33-2)24(17)36-26(29(20)28-19)18-11-12-22(34-3)25(35-4)23(18)27(30)31/h5-13,20,26H,14H2,1-4H3,(H,30,31)/t20-,26+/m0/s1. The van der Waals surface area contributed by atoms with Crippen LogP contribution in [0, 0.1) is 0 Å². The zero-order valence-electron chi connectivity index (χ0n) is 20.3. The first-order valence-electron chi connectivity index (χ1n) is 11.3. The Kier molecular flexibility index (Phi) is 6.05. The van der Waals surface area contributed by atoms with Gasteiger partial charge >= 0.3 is 5.97 Å². The van der Waals surface area contributed by atoms with E-state index in [1.165, 1.54) is 14.2 Å². The molecule has 3 aromatic carbocycles. The van der Waals surface area contributed by atoms with E-state index in [0.717, 1.165) is 22.6 Å². The fraction of sp³-hybridized carbons (Fsp3) is 0.259. The molecule has 0 spiro atoms. The Morgan fingerprint density at radius 3 is 2.42 bits per heavy atom. The third-order valence-electron chi connectivity index (χ3n) is 6.46. The van der Waals surface area contributed by atoms with Gasteiger partial charge in [-0.1, -0.05) is 24.3 Å². The Hall–Kier alpha value is -4.40. The highest BCUT2D eigenvalue weighted by Crippen LogP contribution is 2.52. The van der Waals surface area contributed by atoms with Gasteiger partial charge in [0.25, 0.3) is 0 Å². The lowest BCUT2D eigenvalue weighted by molar-refractivity contribution is -0.0217. The Bertz CT molecular complexity index is 1350. The van der Waals surface area contributed by atoms with Crippen LogP contribution in [-0.2, 0) is 0 Å². The topological polar surface area (TPSA) is 99.1 Å². The van der Waals surface area contributed by atoms with Crippen molar-refractivity contribution in [1.29, 1.82) is 0 Å². The van der Waals surface area contributed by atoms with Crippen LogP contribution in [0.5, 0.6) is 28.7 Å². The van der Waals surface area contributed by atoms with Gasteiger partial charge in [0.1, 0.15) is 11.3 Å². The van der Waals surface area contributed by atoms with Crippen molar-refractivity contribution in [3.8, 4) is 28.7 Å². The number of carboxylic acid groups (broad SMARTS) is 1. The van der Waals surface area contributed by atoms with Crippen molar-refractivity contribution in [2.75, 3.05) is 28.4 Å². The molecule has 0 aliphatic carbocycles. The Labute approximate surface area is 208 Å². The largest absolute Gasteiger partial charge is 0.497 e. The lowest BCUT2D eigenvalue weighted by Crippen LogP contribution is -2.35. The molecular weight excluding hydrogens is 464 g/mol. The number of methoxy groups -OCH3 is 4. The summed E-state index contributed by atoms with van der Waals surface area (Å²) in [6.07, 6.45) is -0.268. The number of carbonyl (C=O) groups is 1. The summed E-state index contributed by atoms with van der Waals surface area (Å²) in [4.78, 5) is 12.4. The van der Waals surface area contributed by atoms with Gasteiger partial charge in [-0.15, -0.1) is 0 Å². The second-order valence-electron chi connectivity index (χ2n) is 8.30. The first-order chi connectivity index (χ1) is 17.5. The third-order valence-corrected chi connectivity index (χ3v) is 6.46. The number of nitrogens with zero attached hydrogens (tertiary/aromatic N) is 2. The monoisotopic (exact) mass is 490 g/mol. The number of para-hydroxylation sites is 1. The maximum Gasteiger partial charge on any atom is 0.340 e. The van der Waals surface area contributed by atoms with Crippen molar-refractivity contribution in [2.24, 2.45) is 5.10 Å². The van der Waals surface area contributed by atoms with E-state index in [1.54, 1.807) is 26.4 Å². The van der Waals surface area contributed by atoms with Gasteiger partial charge in [0.2, 0.25) is 6.23 Å². The predicted octanol–water partition coefficient (Wildman–Crippen LogP) is 4.66. The van der Waals surface area contributed by atoms with Crippen molar-refractivity contribution in [2.45, 2.75) is 18.7 Å². The molecule has 0 fully saturated rings. The zero-order valence-corrected chi connectivity index (χ0v) is 20.3. The van der Waals surface area contributed by atoms with E-state index in [0.29, 0.717) is 29.2 Å². The lowest BCUT2D eigenvalue weighted by atomic mass is 9.94. The number of benzene rings is 3. The fourth-order valence-electron chi connectivity index (χ4n) is 4.80. The Balaban J connectivity index is 1.69. The van der Waals surface area contributed by atoms with E-state index in [2.05, 4.69) is 0 Å². The second-order valence-corrected chi connectivity index (χ2v) is 8.30. The van der Waals surface area contributed by atoms with E-state index < -0.39 is 12.2 Å². The average molecular weight is 491 g/mol. The van der Waals surface area contributed by atoms with Gasteiger partial charge in [-0.05, 0) is 30.3 Å². The van der Waals surface area contributed by atoms with Crippen molar-refractivity contribution >= 4 is 11.7 Å². The summed E-state index contributed by atoms with van der Waals surface area (Å²) >= 11 is 0. The number of hydrogen-bond donors (Lipinski definition) is 1. The molecule has 2 aliphatic rings. The van der Waals surface area contributed by atoms with E-state index >= 15 is 0 Å². The zero-order chi connectivity index (χ0) is 25.4. The molecule has 0 radical (unpaired) electrons. The fourth-order valence-corrected chi connectivity index (χ4v) is 4.80. The summed E-state index contributed by atoms with van der Waals surface area (Å²) in [6, 6.07) is 16.5. The van der Waals surface area contributed by atoms with Crippen molar-refractivity contribution < 1.29 is 33.6 Å². The lowest BCUT2D eigenvalue weighted by Gasteiger charge is -2.39. The molecule has 186 valence electrons. The normalized spacial score (nSPS) is 17.9. The molecule has 9 heteroatoms. The molecule has 9 nitrogen and oxygen atoms in total. The number of rotatable bonds is 7. The van der Waals surface area contributed by atoms with Crippen LogP contribution in [0.15, 0.2) is 59.7 Å². The van der Waals surface area contributed by atoms with Crippen LogP contribution in [-0.4, -0.2) is 50.2 Å². The molecule has 5 rings (SSSR count). The molecule has 36 heavy (non-hydrogen) atoms. The van der Waals surface area contributed by atoms with E-state index in [4.69, 9.17) is 28.8 Å². The predicted molar refractivity (Wildman–Crippen MR) is 132 cm³/mol. The molecule has 0 aromatic heterocycles. The van der Waals surface area contributed by atoms with E-state index in [1.807, 2.05) is 47.5 Å². The minimum atomic E-state index is -1.16. The quantitative estimate of drug-likeness (QED) is 0.511. The number of fused-ring (bicyclic) bond motifs is 3. The number of carboxylic acids is 1. The SMILES string of the molecule is COc1cccc(C2=NN3[C@@H](c4ccc(OC)c(OC)c4C(=O)O)Oc4c(OC)cccc4[C@@H]3C2)c1. The summed E-state index contributed by atoms with van der Waals surface area (Å²) in [6.45, 7) is 0. The Morgan fingerprint density at radius 2 is 1.72 bits per heavy atom. The number of aromatic carboxylic acids is 1. The van der Waals surface area contributed by atoms with Crippen LogP contribution in [0.25, 0.3) is 0 Å². The van der Waals surface area contributed by atoms with Crippen LogP contribution in [0.2, 0.25) is 0 Å². The van der Waals surface area contributed by atoms with Crippen LogP contribution in [0.1, 0.15) is 45.7 Å². The molecular formula is C27H26N2O7. The molecule has 0 saturated carbocycles. The molecule has 2 aliphatic heterocycles. The molecule has 0 bridgehead atoms. The van der Waals surface area contributed by atoms with Crippen LogP contribution < -0.4 is 23.7 Å². The molecule has 2 heterocycles. The smallest absolute Gasteiger partial charge is 0.340 e. The van der Waals surface area contributed by atoms with Crippen molar-refractivity contribution in [3.63, 3.8) is 0 Å². The number of hydrogen-bond acceptors (Lipinski definition) is 8. The van der Waals surface area contributed by atoms with Crippen LogP contribution in [0.3, 0.4) is 0 Å². The van der Waals surface area contributed by atoms with Crippen molar-refractivity contribution in [1.82, 2.24) is 5.01 Å². The van der Waals surface area contributed by atoms with E-state index in [9.17, 15) is 9.90 Å². The van der Waals surface area contributed by atoms with Gasteiger partial charge < -0.3 is 28.8 Å². The minimum Gasteiger partial charge on any atom is -0.497 e. The highest BCUT2D eigenvalue weighted by molar-refractivity contribution is 6.02. The maximum atomic E-state index is 12.4. The molecule has 2 atom stereocenters. The van der Waals surface area contributed by atoms with Crippen LogP contribution >= 0.6 is 0 Å². The summed E-state index contributed by atoms with van der Waals surface area (Å²) in [5, 5.41) is 16.9. The highest BCUT2D eigenvalue weighted by Gasteiger charge is 2.44. The summed E-state index contributed by atoms with van der Waals surface area (Å²) in [5.41, 5.74) is 2.99. The van der Waals surface area contributed by atoms with Crippen LogP contribution in [0.4, 0.5) is 0 Å². The second kappa shape index (κ2) is 9.33. The minimum absolute atomic E-state index is 0.0519. The van der Waals surface area contributed by atoms with Gasteiger partial charge in [-0.3, -0.25) is 0 Å². The van der Waals surface area contributed by atoms with Gasteiger partial charge in [0.05, 0.1) is 40.2 Å². The molecule has 0 unspecified atom stereocenters. The molecule has 0 amide bonds. The number of hydrazone groups is 1. The van der Waals surface area contributed by atoms with Gasteiger partial charge in [0, 0.05) is 23.1 Å². The summed E-state index contributed by atoms with van der Waals surface area (Å²) < 4.78 is 28.2. The highest BCUT2D eigenvalue weighted by atomic mass is 16.5. The molecule has 1 N–H and O–H groups in total. The van der Waals surface area contributed by atoms with Gasteiger partial charge in [-0.25, -0.2) is 9.80 Å². The molecule has 3 aromatic rings. The first kappa shape index (κ1) is 23.3. The Morgan fingerprint density at radius 1 is 0.944 bits per heavy atom. The summed E-state index contributed by atoms with van der Waals surface area (Å²) in [5.74, 6) is 1.10.